The maximum atomic E-state index is 12.7. The number of hydrogen-bond acceptors (Lipinski definition) is 6. The minimum absolute atomic E-state index is 0.0464. The molecule has 0 saturated heterocycles. The number of nitrogens with one attached hydrogen (secondary N) is 2. The zero-order valence-corrected chi connectivity index (χ0v) is 18.3. The van der Waals surface area contributed by atoms with E-state index in [0.717, 1.165) is 16.1 Å². The molecule has 0 atom stereocenters. The van der Waals surface area contributed by atoms with Crippen molar-refractivity contribution in [1.29, 1.82) is 0 Å². The van der Waals surface area contributed by atoms with E-state index in [9.17, 15) is 9.59 Å². The lowest BCUT2D eigenvalue weighted by Gasteiger charge is -2.24. The van der Waals surface area contributed by atoms with Crippen LogP contribution in [0.25, 0.3) is 6.08 Å². The molecule has 30 heavy (non-hydrogen) atoms. The fourth-order valence-electron chi connectivity index (χ4n) is 3.06. The average Bonchev–Trinajstić information content (AvgIpc) is 3.12. The first kappa shape index (κ1) is 21.6. The van der Waals surface area contributed by atoms with Crippen LogP contribution in [0.4, 0.5) is 9.93 Å². The van der Waals surface area contributed by atoms with Gasteiger partial charge in [0.1, 0.15) is 0 Å². The maximum Gasteiger partial charge on any atom is 0.321 e. The molecular formula is C21H26N4O4S. The predicted molar refractivity (Wildman–Crippen MR) is 117 cm³/mol. The molecule has 8 nitrogen and oxygen atoms in total. The second-order valence-electron chi connectivity index (χ2n) is 7.10. The molecule has 0 radical (unpaired) electrons. The van der Waals surface area contributed by atoms with Crippen LogP contribution in [0.2, 0.25) is 0 Å². The highest BCUT2D eigenvalue weighted by Gasteiger charge is 2.23. The number of rotatable bonds is 6. The topological polar surface area (TPSA) is 92.8 Å². The standard InChI is InChI=1S/C21H26N4O4S/c1-13(2)22-20(27)24-21-23-15-9-10-25(12-18(15)30-21)19(26)8-6-14-5-7-16(28-3)17(11-14)29-4/h5-8,11,13H,9-10,12H2,1-4H3,(H2,22,23,24,27)/b8-6+. The molecule has 2 N–H and O–H groups in total. The van der Waals surface area contributed by atoms with Crippen molar-refractivity contribution in [3.05, 3.63) is 40.4 Å². The molecular weight excluding hydrogens is 404 g/mol. The van der Waals surface area contributed by atoms with Crippen molar-refractivity contribution in [3.63, 3.8) is 0 Å². The van der Waals surface area contributed by atoms with Crippen molar-refractivity contribution < 1.29 is 19.1 Å². The van der Waals surface area contributed by atoms with Crippen LogP contribution in [0.5, 0.6) is 11.5 Å². The van der Waals surface area contributed by atoms with E-state index in [-0.39, 0.29) is 18.0 Å². The van der Waals surface area contributed by atoms with Gasteiger partial charge in [-0.2, -0.15) is 0 Å². The number of thiazole rings is 1. The minimum atomic E-state index is -0.276. The number of urea groups is 1. The van der Waals surface area contributed by atoms with Gasteiger partial charge in [-0.1, -0.05) is 17.4 Å². The number of amides is 3. The van der Waals surface area contributed by atoms with Gasteiger partial charge >= 0.3 is 6.03 Å². The zero-order chi connectivity index (χ0) is 21.7. The molecule has 0 spiro atoms. The molecule has 9 heteroatoms. The summed E-state index contributed by atoms with van der Waals surface area (Å²) < 4.78 is 10.5. The molecule has 0 saturated carbocycles. The van der Waals surface area contributed by atoms with Crippen LogP contribution in [0.1, 0.15) is 30.0 Å². The lowest BCUT2D eigenvalue weighted by atomic mass is 10.1. The van der Waals surface area contributed by atoms with Crippen LogP contribution in [0, 0.1) is 0 Å². The summed E-state index contributed by atoms with van der Waals surface area (Å²) in [5.74, 6) is 1.18. The van der Waals surface area contributed by atoms with Crippen LogP contribution in [0.3, 0.4) is 0 Å². The second-order valence-corrected chi connectivity index (χ2v) is 8.18. The Labute approximate surface area is 179 Å². The van der Waals surface area contributed by atoms with Crippen molar-refractivity contribution in [2.24, 2.45) is 0 Å². The largest absolute Gasteiger partial charge is 0.493 e. The molecule has 160 valence electrons. The molecule has 1 aromatic carbocycles. The molecule has 1 aliphatic heterocycles. The number of fused-ring (bicyclic) bond motifs is 1. The van der Waals surface area contributed by atoms with E-state index in [2.05, 4.69) is 15.6 Å². The van der Waals surface area contributed by atoms with Gasteiger partial charge in [-0.25, -0.2) is 9.78 Å². The lowest BCUT2D eigenvalue weighted by molar-refractivity contribution is -0.126. The normalized spacial score (nSPS) is 13.3. The van der Waals surface area contributed by atoms with E-state index < -0.39 is 0 Å². The minimum Gasteiger partial charge on any atom is -0.493 e. The summed E-state index contributed by atoms with van der Waals surface area (Å²) >= 11 is 1.40. The number of hydrogen-bond donors (Lipinski definition) is 2. The van der Waals surface area contributed by atoms with Crippen molar-refractivity contribution >= 4 is 34.5 Å². The van der Waals surface area contributed by atoms with Crippen LogP contribution in [0.15, 0.2) is 24.3 Å². The van der Waals surface area contributed by atoms with Gasteiger partial charge in [0.25, 0.3) is 0 Å². The molecule has 3 rings (SSSR count). The van der Waals surface area contributed by atoms with E-state index in [1.54, 1.807) is 37.3 Å². The van der Waals surface area contributed by atoms with Gasteiger partial charge in [0.2, 0.25) is 5.91 Å². The van der Waals surface area contributed by atoms with E-state index in [0.29, 0.717) is 36.1 Å². The second kappa shape index (κ2) is 9.62. The highest BCUT2D eigenvalue weighted by molar-refractivity contribution is 7.15. The maximum absolute atomic E-state index is 12.7. The number of ether oxygens (including phenoxy) is 2. The Morgan fingerprint density at radius 1 is 1.23 bits per heavy atom. The smallest absolute Gasteiger partial charge is 0.321 e. The third kappa shape index (κ3) is 5.29. The predicted octanol–water partition coefficient (Wildman–Crippen LogP) is 3.29. The van der Waals surface area contributed by atoms with Crippen molar-refractivity contribution in [2.75, 3.05) is 26.1 Å². The van der Waals surface area contributed by atoms with Gasteiger partial charge in [0, 0.05) is 30.0 Å². The van der Waals surface area contributed by atoms with Crippen LogP contribution >= 0.6 is 11.3 Å². The Balaban J connectivity index is 1.63. The Morgan fingerprint density at radius 2 is 2.00 bits per heavy atom. The monoisotopic (exact) mass is 430 g/mol. The van der Waals surface area contributed by atoms with Crippen molar-refractivity contribution in [2.45, 2.75) is 32.9 Å². The first-order valence-corrected chi connectivity index (χ1v) is 10.5. The third-order valence-electron chi connectivity index (χ3n) is 4.51. The summed E-state index contributed by atoms with van der Waals surface area (Å²) in [5.41, 5.74) is 1.78. The van der Waals surface area contributed by atoms with Gasteiger partial charge in [-0.15, -0.1) is 0 Å². The first-order chi connectivity index (χ1) is 14.4. The summed E-state index contributed by atoms with van der Waals surface area (Å²) in [6.07, 6.45) is 3.98. The highest BCUT2D eigenvalue weighted by atomic mass is 32.1. The molecule has 0 aliphatic carbocycles. The van der Waals surface area contributed by atoms with Gasteiger partial charge in [0.05, 0.1) is 26.5 Å². The molecule has 2 heterocycles. The van der Waals surface area contributed by atoms with Crippen LogP contribution in [-0.4, -0.2) is 48.6 Å². The Kier molecular flexibility index (Phi) is 6.94. The van der Waals surface area contributed by atoms with E-state index in [1.165, 1.54) is 11.3 Å². The molecule has 0 bridgehead atoms. The Bertz CT molecular complexity index is 954. The Hall–Kier alpha value is -3.07. The first-order valence-electron chi connectivity index (χ1n) is 9.64. The summed E-state index contributed by atoms with van der Waals surface area (Å²) in [5, 5.41) is 6.08. The molecule has 3 amide bonds. The summed E-state index contributed by atoms with van der Waals surface area (Å²) in [4.78, 5) is 31.8. The van der Waals surface area contributed by atoms with E-state index in [4.69, 9.17) is 9.47 Å². The van der Waals surface area contributed by atoms with Crippen molar-refractivity contribution in [1.82, 2.24) is 15.2 Å². The van der Waals surface area contributed by atoms with Gasteiger partial charge < -0.3 is 19.7 Å². The lowest BCUT2D eigenvalue weighted by Crippen LogP contribution is -2.34. The average molecular weight is 431 g/mol. The number of nitrogens with zero attached hydrogens (tertiary/aromatic N) is 2. The number of carbonyl (C=O) groups is 2. The summed E-state index contributed by atoms with van der Waals surface area (Å²) in [7, 11) is 3.16. The fraction of sp³-hybridized carbons (Fsp3) is 0.381. The van der Waals surface area contributed by atoms with Gasteiger partial charge in [-0.05, 0) is 37.6 Å². The third-order valence-corrected chi connectivity index (χ3v) is 5.51. The van der Waals surface area contributed by atoms with Crippen molar-refractivity contribution in [3.8, 4) is 11.5 Å². The summed E-state index contributed by atoms with van der Waals surface area (Å²) in [6, 6.07) is 5.26. The van der Waals surface area contributed by atoms with Gasteiger partial charge in [-0.3, -0.25) is 10.1 Å². The number of methoxy groups -OCH3 is 2. The number of anilines is 1. The Morgan fingerprint density at radius 3 is 2.70 bits per heavy atom. The summed E-state index contributed by atoms with van der Waals surface area (Å²) in [6.45, 7) is 4.86. The molecule has 0 unspecified atom stereocenters. The number of benzene rings is 1. The van der Waals surface area contributed by atoms with Gasteiger partial charge in [0.15, 0.2) is 16.6 Å². The number of aromatic nitrogens is 1. The molecule has 1 aromatic heterocycles. The fourth-order valence-corrected chi connectivity index (χ4v) is 4.08. The SMILES string of the molecule is COc1ccc(/C=C/C(=O)N2CCc3nc(NC(=O)NC(C)C)sc3C2)cc1OC. The zero-order valence-electron chi connectivity index (χ0n) is 17.5. The quantitative estimate of drug-likeness (QED) is 0.686. The molecule has 0 fully saturated rings. The van der Waals surface area contributed by atoms with E-state index in [1.807, 2.05) is 26.0 Å². The molecule has 2 aromatic rings. The van der Waals surface area contributed by atoms with Crippen LogP contribution < -0.4 is 20.1 Å². The molecule has 1 aliphatic rings. The van der Waals surface area contributed by atoms with E-state index >= 15 is 0 Å². The highest BCUT2D eigenvalue weighted by Crippen LogP contribution is 2.29. The van der Waals surface area contributed by atoms with Crippen LogP contribution in [-0.2, 0) is 17.8 Å². The number of carbonyl (C=O) groups excluding carboxylic acids is 2.